The van der Waals surface area contributed by atoms with Crippen LogP contribution in [0.2, 0.25) is 0 Å². The van der Waals surface area contributed by atoms with Gasteiger partial charge in [-0.15, -0.1) is 0 Å². The molecular formula is C14H14N4OS. The number of hydrogen-bond acceptors (Lipinski definition) is 5. The molecule has 1 aromatic heterocycles. The lowest BCUT2D eigenvalue weighted by molar-refractivity contribution is 0.322. The van der Waals surface area contributed by atoms with Crippen molar-refractivity contribution in [2.45, 2.75) is 6.42 Å². The standard InChI is InChI=1S/C14H14N4OS/c15-13(20)10-6-7-16-14(17-10)18-8-3-9-19-12-5-2-1-4-11(12)18/h1-2,4-7H,3,8-9H2,(H2,15,20). The quantitative estimate of drug-likeness (QED) is 0.852. The minimum atomic E-state index is 0.271. The molecule has 1 aliphatic rings. The predicted octanol–water partition coefficient (Wildman–Crippen LogP) is 2.03. The van der Waals surface area contributed by atoms with Crippen molar-refractivity contribution >= 4 is 28.8 Å². The summed E-state index contributed by atoms with van der Waals surface area (Å²) < 4.78 is 5.73. The van der Waals surface area contributed by atoms with Gasteiger partial charge in [0.05, 0.1) is 12.3 Å². The van der Waals surface area contributed by atoms with Crippen molar-refractivity contribution in [3.8, 4) is 5.75 Å². The Balaban J connectivity index is 2.05. The summed E-state index contributed by atoms with van der Waals surface area (Å²) in [6.07, 6.45) is 2.57. The number of benzene rings is 1. The molecule has 0 unspecified atom stereocenters. The van der Waals surface area contributed by atoms with E-state index in [4.69, 9.17) is 22.7 Å². The van der Waals surface area contributed by atoms with E-state index in [0.29, 0.717) is 18.2 Å². The maximum Gasteiger partial charge on any atom is 0.230 e. The van der Waals surface area contributed by atoms with Crippen molar-refractivity contribution in [2.75, 3.05) is 18.1 Å². The average Bonchev–Trinajstić information content (AvgIpc) is 2.69. The first kappa shape index (κ1) is 12.8. The zero-order valence-corrected chi connectivity index (χ0v) is 11.6. The number of hydrogen-bond donors (Lipinski definition) is 1. The van der Waals surface area contributed by atoms with Crippen LogP contribution >= 0.6 is 12.2 Å². The van der Waals surface area contributed by atoms with Crippen molar-refractivity contribution < 1.29 is 4.74 Å². The van der Waals surface area contributed by atoms with Gasteiger partial charge in [0.1, 0.15) is 16.4 Å². The SMILES string of the molecule is NC(=S)c1ccnc(N2CCCOc3ccccc32)n1. The molecule has 0 saturated heterocycles. The number of aromatic nitrogens is 2. The number of nitrogens with zero attached hydrogens (tertiary/aromatic N) is 3. The Kier molecular flexibility index (Phi) is 3.47. The van der Waals surface area contributed by atoms with Gasteiger partial charge in [-0.25, -0.2) is 9.97 Å². The van der Waals surface area contributed by atoms with E-state index in [0.717, 1.165) is 24.4 Å². The number of para-hydroxylation sites is 2. The maximum absolute atomic E-state index is 5.73. The molecule has 102 valence electrons. The van der Waals surface area contributed by atoms with E-state index in [1.54, 1.807) is 12.3 Å². The lowest BCUT2D eigenvalue weighted by atomic mass is 10.2. The smallest absolute Gasteiger partial charge is 0.230 e. The highest BCUT2D eigenvalue weighted by Crippen LogP contribution is 2.33. The number of fused-ring (bicyclic) bond motifs is 1. The summed E-state index contributed by atoms with van der Waals surface area (Å²) in [7, 11) is 0. The Morgan fingerprint density at radius 2 is 2.15 bits per heavy atom. The summed E-state index contributed by atoms with van der Waals surface area (Å²) in [5.74, 6) is 1.43. The molecule has 2 aromatic rings. The fourth-order valence-electron chi connectivity index (χ4n) is 2.15. The van der Waals surface area contributed by atoms with Gasteiger partial charge in [-0.3, -0.25) is 0 Å². The van der Waals surface area contributed by atoms with Crippen LogP contribution in [-0.2, 0) is 0 Å². The minimum Gasteiger partial charge on any atom is -0.491 e. The molecule has 2 heterocycles. The molecule has 2 N–H and O–H groups in total. The molecule has 0 saturated carbocycles. The highest BCUT2D eigenvalue weighted by Gasteiger charge is 2.19. The number of ether oxygens (including phenoxy) is 1. The average molecular weight is 286 g/mol. The third-order valence-electron chi connectivity index (χ3n) is 3.08. The first-order valence-electron chi connectivity index (χ1n) is 6.38. The molecule has 1 aromatic carbocycles. The van der Waals surface area contributed by atoms with E-state index in [9.17, 15) is 0 Å². The molecule has 3 rings (SSSR count). The Hall–Kier alpha value is -2.21. The zero-order valence-electron chi connectivity index (χ0n) is 10.8. The fourth-order valence-corrected chi connectivity index (χ4v) is 2.26. The number of anilines is 2. The van der Waals surface area contributed by atoms with Crippen LogP contribution in [0, 0.1) is 0 Å². The van der Waals surface area contributed by atoms with Crippen LogP contribution in [0.1, 0.15) is 12.1 Å². The van der Waals surface area contributed by atoms with Crippen LogP contribution < -0.4 is 15.4 Å². The second kappa shape index (κ2) is 5.42. The van der Waals surface area contributed by atoms with Gasteiger partial charge in [-0.1, -0.05) is 24.4 Å². The van der Waals surface area contributed by atoms with Gasteiger partial charge in [-0.05, 0) is 24.6 Å². The second-order valence-electron chi connectivity index (χ2n) is 4.43. The Labute approximate surface area is 122 Å². The van der Waals surface area contributed by atoms with Crippen molar-refractivity contribution in [1.29, 1.82) is 0 Å². The molecule has 0 fully saturated rings. The predicted molar refractivity (Wildman–Crippen MR) is 81.5 cm³/mol. The molecule has 0 amide bonds. The van der Waals surface area contributed by atoms with E-state index in [1.807, 2.05) is 29.2 Å². The minimum absolute atomic E-state index is 0.271. The molecule has 0 bridgehead atoms. The van der Waals surface area contributed by atoms with Crippen molar-refractivity contribution in [2.24, 2.45) is 5.73 Å². The van der Waals surface area contributed by atoms with Gasteiger partial charge < -0.3 is 15.4 Å². The molecule has 0 atom stereocenters. The summed E-state index contributed by atoms with van der Waals surface area (Å²) in [4.78, 5) is 11.1. The Morgan fingerprint density at radius 3 is 3.00 bits per heavy atom. The van der Waals surface area contributed by atoms with Crippen molar-refractivity contribution in [3.63, 3.8) is 0 Å². The third-order valence-corrected chi connectivity index (χ3v) is 3.29. The third kappa shape index (κ3) is 2.42. The van der Waals surface area contributed by atoms with Crippen LogP contribution in [0.5, 0.6) is 5.75 Å². The van der Waals surface area contributed by atoms with E-state index in [1.165, 1.54) is 0 Å². The number of thiocarbonyl (C=S) groups is 1. The maximum atomic E-state index is 5.73. The normalized spacial score (nSPS) is 14.1. The summed E-state index contributed by atoms with van der Waals surface area (Å²) in [6.45, 7) is 1.47. The number of nitrogens with two attached hydrogens (primary N) is 1. The summed E-state index contributed by atoms with van der Waals surface area (Å²) in [5, 5.41) is 0. The van der Waals surface area contributed by atoms with Crippen molar-refractivity contribution in [1.82, 2.24) is 9.97 Å². The lowest BCUT2D eigenvalue weighted by Gasteiger charge is -2.21. The van der Waals surface area contributed by atoms with Gasteiger partial charge in [0, 0.05) is 12.7 Å². The highest BCUT2D eigenvalue weighted by molar-refractivity contribution is 7.80. The van der Waals surface area contributed by atoms with Crippen LogP contribution in [0.3, 0.4) is 0 Å². The van der Waals surface area contributed by atoms with Gasteiger partial charge in [0.15, 0.2) is 0 Å². The van der Waals surface area contributed by atoms with Gasteiger partial charge >= 0.3 is 0 Å². The van der Waals surface area contributed by atoms with E-state index in [2.05, 4.69) is 9.97 Å². The van der Waals surface area contributed by atoms with Crippen LogP contribution in [-0.4, -0.2) is 28.1 Å². The van der Waals surface area contributed by atoms with Gasteiger partial charge in [0.25, 0.3) is 0 Å². The van der Waals surface area contributed by atoms with E-state index < -0.39 is 0 Å². The highest BCUT2D eigenvalue weighted by atomic mass is 32.1. The van der Waals surface area contributed by atoms with Gasteiger partial charge in [-0.2, -0.15) is 0 Å². The summed E-state index contributed by atoms with van der Waals surface area (Å²) >= 11 is 4.97. The molecule has 20 heavy (non-hydrogen) atoms. The number of rotatable bonds is 2. The summed E-state index contributed by atoms with van der Waals surface area (Å²) in [6, 6.07) is 9.58. The Morgan fingerprint density at radius 1 is 1.30 bits per heavy atom. The molecule has 0 radical (unpaired) electrons. The van der Waals surface area contributed by atoms with E-state index in [-0.39, 0.29) is 4.99 Å². The molecule has 6 heteroatoms. The fraction of sp³-hybridized carbons (Fsp3) is 0.214. The summed E-state index contributed by atoms with van der Waals surface area (Å²) in [5.41, 5.74) is 7.18. The first-order chi connectivity index (χ1) is 9.75. The van der Waals surface area contributed by atoms with Gasteiger partial charge in [0.2, 0.25) is 5.95 Å². The molecular weight excluding hydrogens is 272 g/mol. The molecule has 0 aliphatic carbocycles. The monoisotopic (exact) mass is 286 g/mol. The topological polar surface area (TPSA) is 64.3 Å². The van der Waals surface area contributed by atoms with Crippen LogP contribution in [0.4, 0.5) is 11.6 Å². The zero-order chi connectivity index (χ0) is 13.9. The lowest BCUT2D eigenvalue weighted by Crippen LogP contribution is -2.22. The Bertz CT molecular complexity index is 647. The van der Waals surface area contributed by atoms with E-state index >= 15 is 0 Å². The molecule has 5 nitrogen and oxygen atoms in total. The molecule has 1 aliphatic heterocycles. The van der Waals surface area contributed by atoms with Crippen molar-refractivity contribution in [3.05, 3.63) is 42.2 Å². The molecule has 0 spiro atoms. The largest absolute Gasteiger partial charge is 0.491 e. The van der Waals surface area contributed by atoms with Crippen LogP contribution in [0.15, 0.2) is 36.5 Å². The first-order valence-corrected chi connectivity index (χ1v) is 6.79. The second-order valence-corrected chi connectivity index (χ2v) is 4.87. The van der Waals surface area contributed by atoms with Crippen LogP contribution in [0.25, 0.3) is 0 Å².